The zero-order chi connectivity index (χ0) is 47.3. The number of benzene rings is 1. The van der Waals surface area contributed by atoms with E-state index in [1.54, 1.807) is 34.0 Å². The van der Waals surface area contributed by atoms with Gasteiger partial charge < -0.3 is 9.47 Å². The normalized spacial score (nSPS) is 11.9. The molecule has 0 unspecified atom stereocenters. The smallest absolute Gasteiger partial charge is 0.146 e. The van der Waals surface area contributed by atoms with Crippen molar-refractivity contribution in [2.24, 2.45) is 0 Å². The summed E-state index contributed by atoms with van der Waals surface area (Å²) in [7, 11) is 1.83. The minimum absolute atomic E-state index is 0.726. The summed E-state index contributed by atoms with van der Waals surface area (Å²) in [4.78, 5) is 12.9. The Morgan fingerprint density at radius 2 is 0.716 bits per heavy atom. The molecule has 67 heavy (non-hydrogen) atoms. The second-order valence-corrected chi connectivity index (χ2v) is 26.1. The SMILES string of the molecule is CCCCCCCCCCCCCCc1nc(-c2cc3c(OCCCCCCCCCCCC)c4sc(-c5nc(CCCCCCCCCCCCCC)c(Br)s5)cc4c(OC)c3s2)sc1Br. The Morgan fingerprint density at radius 3 is 1.07 bits per heavy atom. The van der Waals surface area contributed by atoms with Gasteiger partial charge in [0.2, 0.25) is 0 Å². The predicted molar refractivity (Wildman–Crippen MR) is 308 cm³/mol. The Bertz CT molecular complexity index is 1940. The van der Waals surface area contributed by atoms with Crippen molar-refractivity contribution in [2.45, 2.75) is 252 Å². The van der Waals surface area contributed by atoms with Crippen LogP contribution in [0.25, 0.3) is 39.9 Å². The lowest BCUT2D eigenvalue weighted by Gasteiger charge is -2.12. The van der Waals surface area contributed by atoms with Crippen molar-refractivity contribution in [1.82, 2.24) is 9.97 Å². The van der Waals surface area contributed by atoms with Crippen LogP contribution in [0.15, 0.2) is 19.7 Å². The quantitative estimate of drug-likeness (QED) is 0.0366. The molecular formula is C57H88Br2N2O2S4. The highest BCUT2D eigenvalue weighted by Crippen LogP contribution is 2.53. The fraction of sp³-hybridized carbons (Fsp3) is 0.719. The molecular weight excluding hydrogens is 1030 g/mol. The average Bonchev–Trinajstić information content (AvgIpc) is 4.14. The number of halogens is 2. The van der Waals surface area contributed by atoms with Crippen LogP contribution in [0.2, 0.25) is 0 Å². The van der Waals surface area contributed by atoms with Crippen LogP contribution in [0.4, 0.5) is 0 Å². The molecule has 5 rings (SSSR count). The van der Waals surface area contributed by atoms with Crippen LogP contribution in [0, 0.1) is 0 Å². The Balaban J connectivity index is 1.22. The van der Waals surface area contributed by atoms with Crippen molar-refractivity contribution < 1.29 is 9.47 Å². The molecule has 0 amide bonds. The first kappa shape index (κ1) is 56.9. The molecule has 0 spiro atoms. The Hall–Kier alpha value is -1.04. The molecule has 5 aromatic rings. The van der Waals surface area contributed by atoms with E-state index >= 15 is 0 Å². The molecule has 0 aliphatic rings. The second kappa shape index (κ2) is 34.3. The number of thiazole rings is 2. The minimum atomic E-state index is 0.726. The van der Waals surface area contributed by atoms with Gasteiger partial charge in [0.25, 0.3) is 0 Å². The number of aromatic nitrogens is 2. The van der Waals surface area contributed by atoms with Crippen LogP contribution in [-0.4, -0.2) is 23.7 Å². The molecule has 0 N–H and O–H groups in total. The third-order valence-electron chi connectivity index (χ3n) is 13.6. The van der Waals surface area contributed by atoms with Gasteiger partial charge in [-0.2, -0.15) is 0 Å². The van der Waals surface area contributed by atoms with Crippen LogP contribution in [0.3, 0.4) is 0 Å². The monoisotopic (exact) mass is 1120 g/mol. The molecule has 0 saturated heterocycles. The number of hydrogen-bond donors (Lipinski definition) is 0. The summed E-state index contributed by atoms with van der Waals surface area (Å²) < 4.78 is 17.9. The van der Waals surface area contributed by atoms with Gasteiger partial charge in [0.15, 0.2) is 0 Å². The summed E-state index contributed by atoms with van der Waals surface area (Å²) in [5.74, 6) is 1.94. The van der Waals surface area contributed by atoms with Crippen molar-refractivity contribution in [3.8, 4) is 31.3 Å². The summed E-state index contributed by atoms with van der Waals surface area (Å²) in [5, 5.41) is 4.44. The molecule has 0 aliphatic heterocycles. The first-order valence-corrected chi connectivity index (χ1v) is 32.3. The maximum absolute atomic E-state index is 6.92. The summed E-state index contributed by atoms with van der Waals surface area (Å²) in [6, 6.07) is 4.65. The highest BCUT2D eigenvalue weighted by atomic mass is 79.9. The molecule has 10 heteroatoms. The van der Waals surface area contributed by atoms with E-state index in [0.29, 0.717) is 0 Å². The number of ether oxygens (including phenoxy) is 2. The van der Waals surface area contributed by atoms with Crippen molar-refractivity contribution >= 4 is 97.4 Å². The van der Waals surface area contributed by atoms with Crippen molar-refractivity contribution in [1.29, 1.82) is 0 Å². The molecule has 0 fully saturated rings. The molecule has 0 bridgehead atoms. The van der Waals surface area contributed by atoms with Crippen LogP contribution >= 0.6 is 77.2 Å². The summed E-state index contributed by atoms with van der Waals surface area (Å²) in [5.41, 5.74) is 2.40. The van der Waals surface area contributed by atoms with E-state index in [-0.39, 0.29) is 0 Å². The van der Waals surface area contributed by atoms with Gasteiger partial charge in [0.1, 0.15) is 21.5 Å². The van der Waals surface area contributed by atoms with Gasteiger partial charge >= 0.3 is 0 Å². The van der Waals surface area contributed by atoms with Gasteiger partial charge in [-0.15, -0.1) is 45.3 Å². The lowest BCUT2D eigenvalue weighted by atomic mass is 10.0. The lowest BCUT2D eigenvalue weighted by molar-refractivity contribution is 0.311. The molecule has 0 saturated carbocycles. The van der Waals surface area contributed by atoms with Gasteiger partial charge in [-0.05, 0) is 76.1 Å². The molecule has 0 radical (unpaired) electrons. The molecule has 0 aliphatic carbocycles. The van der Waals surface area contributed by atoms with Gasteiger partial charge in [-0.3, -0.25) is 0 Å². The van der Waals surface area contributed by atoms with E-state index in [0.717, 1.165) is 67.6 Å². The molecule has 4 heterocycles. The van der Waals surface area contributed by atoms with Crippen LogP contribution < -0.4 is 9.47 Å². The number of methoxy groups -OCH3 is 1. The van der Waals surface area contributed by atoms with E-state index in [1.807, 2.05) is 18.4 Å². The first-order chi connectivity index (χ1) is 33.0. The standard InChI is InChI=1S/C57H88Br2N2O2S4/c1-5-8-11-14-17-20-23-25-27-30-33-36-39-46-54(58)66-56(60-46)48-42-44-50(62-4)52-45(51(53(44)65-48)63-41-38-35-32-29-22-19-16-13-10-7-3)43-49(64-52)57-61-47(55(59)67-57)40-37-34-31-28-26-24-21-18-15-12-9-6-2/h42-43H,5-41H2,1-4H3. The maximum atomic E-state index is 6.92. The van der Waals surface area contributed by atoms with E-state index in [9.17, 15) is 0 Å². The number of rotatable bonds is 41. The Labute approximate surface area is 441 Å². The summed E-state index contributed by atoms with van der Waals surface area (Å²) in [6.45, 7) is 7.62. The topological polar surface area (TPSA) is 44.2 Å². The van der Waals surface area contributed by atoms with Gasteiger partial charge in [-0.1, -0.05) is 220 Å². The molecule has 4 aromatic heterocycles. The number of thiophene rings is 2. The molecule has 376 valence electrons. The Kier molecular flexibility index (Phi) is 29.2. The van der Waals surface area contributed by atoms with Crippen molar-refractivity contribution in [2.75, 3.05) is 13.7 Å². The first-order valence-electron chi connectivity index (χ1n) is 27.5. The maximum Gasteiger partial charge on any atom is 0.146 e. The molecule has 4 nitrogen and oxygen atoms in total. The molecule has 0 atom stereocenters. The fourth-order valence-electron chi connectivity index (χ4n) is 9.47. The van der Waals surface area contributed by atoms with Crippen molar-refractivity contribution in [3.63, 3.8) is 0 Å². The highest BCUT2D eigenvalue weighted by Gasteiger charge is 2.25. The van der Waals surface area contributed by atoms with Crippen molar-refractivity contribution in [3.05, 3.63) is 31.1 Å². The third-order valence-corrected chi connectivity index (χ3v) is 19.8. The number of unbranched alkanes of at least 4 members (excludes halogenated alkanes) is 31. The van der Waals surface area contributed by atoms with Crippen LogP contribution in [0.5, 0.6) is 11.5 Å². The predicted octanol–water partition coefficient (Wildman–Crippen LogP) is 22.7. The highest BCUT2D eigenvalue weighted by molar-refractivity contribution is 9.11. The van der Waals surface area contributed by atoms with E-state index < -0.39 is 0 Å². The van der Waals surface area contributed by atoms with E-state index in [2.05, 4.69) is 64.8 Å². The van der Waals surface area contributed by atoms with E-state index in [1.165, 1.54) is 241 Å². The zero-order valence-corrected chi connectivity index (χ0v) is 48.9. The average molecular weight is 1120 g/mol. The number of hydrogen-bond acceptors (Lipinski definition) is 8. The lowest BCUT2D eigenvalue weighted by Crippen LogP contribution is -1.98. The number of aryl methyl sites for hydroxylation is 2. The second-order valence-electron chi connectivity index (χ2n) is 19.4. The molecule has 1 aromatic carbocycles. The van der Waals surface area contributed by atoms with Crippen LogP contribution in [-0.2, 0) is 12.8 Å². The van der Waals surface area contributed by atoms with E-state index in [4.69, 9.17) is 19.4 Å². The number of nitrogens with zero attached hydrogens (tertiary/aromatic N) is 2. The minimum Gasteiger partial charge on any atom is -0.495 e. The fourth-order valence-corrected chi connectivity index (χ4v) is 15.1. The van der Waals surface area contributed by atoms with Gasteiger partial charge in [-0.25, -0.2) is 9.97 Å². The summed E-state index contributed by atoms with van der Waals surface area (Å²) >= 11 is 15.0. The zero-order valence-electron chi connectivity index (χ0n) is 42.4. The van der Waals surface area contributed by atoms with Gasteiger partial charge in [0, 0.05) is 10.8 Å². The van der Waals surface area contributed by atoms with Gasteiger partial charge in [0.05, 0.1) is 51.8 Å². The third kappa shape index (κ3) is 19.8. The largest absolute Gasteiger partial charge is 0.495 e. The number of fused-ring (bicyclic) bond motifs is 2. The van der Waals surface area contributed by atoms with Crippen LogP contribution in [0.1, 0.15) is 250 Å². The Morgan fingerprint density at radius 1 is 0.403 bits per heavy atom. The summed E-state index contributed by atoms with van der Waals surface area (Å²) in [6.07, 6.45) is 48.0.